The smallest absolute Gasteiger partial charge is 0.230 e. The molecule has 1 aliphatic heterocycles. The summed E-state index contributed by atoms with van der Waals surface area (Å²) in [5.41, 5.74) is 0.823. The summed E-state index contributed by atoms with van der Waals surface area (Å²) >= 11 is 1.43. The Labute approximate surface area is 130 Å². The molecule has 22 heavy (non-hydrogen) atoms. The van der Waals surface area contributed by atoms with Crippen LogP contribution in [-0.2, 0) is 4.79 Å². The van der Waals surface area contributed by atoms with Crippen LogP contribution >= 0.6 is 11.3 Å². The van der Waals surface area contributed by atoms with E-state index in [1.54, 1.807) is 6.07 Å². The van der Waals surface area contributed by atoms with Crippen molar-refractivity contribution >= 4 is 43.4 Å². The molecule has 1 aliphatic rings. The number of carbonyl (C=O) groups excluding carboxylic acids is 1. The van der Waals surface area contributed by atoms with Gasteiger partial charge in [-0.1, -0.05) is 17.4 Å². The summed E-state index contributed by atoms with van der Waals surface area (Å²) in [6.07, 6.45) is 0.860. The normalized spacial score (nSPS) is 18.1. The van der Waals surface area contributed by atoms with Gasteiger partial charge in [-0.2, -0.15) is 0 Å². The SMILES string of the molecule is O=C(Nc1nc2ccc3cc(F)ccc3c2s1)[C@H]1CCNC1. The third kappa shape index (κ3) is 2.34. The van der Waals surface area contributed by atoms with Gasteiger partial charge < -0.3 is 10.6 Å². The van der Waals surface area contributed by atoms with E-state index in [2.05, 4.69) is 15.6 Å². The molecule has 4 nitrogen and oxygen atoms in total. The van der Waals surface area contributed by atoms with Gasteiger partial charge in [0.25, 0.3) is 0 Å². The number of halogens is 1. The molecule has 4 rings (SSSR count). The van der Waals surface area contributed by atoms with Crippen molar-refractivity contribution in [2.24, 2.45) is 5.92 Å². The molecular weight excluding hydrogens is 301 g/mol. The maximum Gasteiger partial charge on any atom is 0.230 e. The fourth-order valence-corrected chi connectivity index (χ4v) is 3.83. The summed E-state index contributed by atoms with van der Waals surface area (Å²) in [6.45, 7) is 1.60. The highest BCUT2D eigenvalue weighted by Crippen LogP contribution is 2.33. The number of nitrogens with one attached hydrogen (secondary N) is 2. The Kier molecular flexibility index (Phi) is 3.28. The van der Waals surface area contributed by atoms with Crippen molar-refractivity contribution in [3.8, 4) is 0 Å². The molecule has 0 saturated carbocycles. The molecule has 0 bridgehead atoms. The van der Waals surface area contributed by atoms with Crippen molar-refractivity contribution in [1.29, 1.82) is 0 Å². The van der Waals surface area contributed by atoms with Gasteiger partial charge in [0.1, 0.15) is 5.82 Å². The van der Waals surface area contributed by atoms with Crippen LogP contribution in [0.3, 0.4) is 0 Å². The molecule has 2 aromatic carbocycles. The van der Waals surface area contributed by atoms with Crippen LogP contribution in [0, 0.1) is 11.7 Å². The van der Waals surface area contributed by atoms with Gasteiger partial charge >= 0.3 is 0 Å². The van der Waals surface area contributed by atoms with Crippen LogP contribution < -0.4 is 10.6 Å². The van der Waals surface area contributed by atoms with Crippen LogP contribution in [0.4, 0.5) is 9.52 Å². The molecule has 2 N–H and O–H groups in total. The van der Waals surface area contributed by atoms with Crippen molar-refractivity contribution in [2.45, 2.75) is 6.42 Å². The molecule has 6 heteroatoms. The molecule has 0 unspecified atom stereocenters. The fourth-order valence-electron chi connectivity index (χ4n) is 2.82. The first-order valence-corrected chi connectivity index (χ1v) is 8.03. The molecule has 112 valence electrons. The molecule has 1 saturated heterocycles. The lowest BCUT2D eigenvalue weighted by Gasteiger charge is -2.06. The van der Waals surface area contributed by atoms with Gasteiger partial charge in [-0.25, -0.2) is 9.37 Å². The van der Waals surface area contributed by atoms with Crippen molar-refractivity contribution < 1.29 is 9.18 Å². The summed E-state index contributed by atoms with van der Waals surface area (Å²) in [5.74, 6) is -0.226. The number of carbonyl (C=O) groups is 1. The minimum atomic E-state index is -0.251. The van der Waals surface area contributed by atoms with E-state index in [0.717, 1.165) is 40.5 Å². The number of fused-ring (bicyclic) bond motifs is 3. The highest BCUT2D eigenvalue weighted by molar-refractivity contribution is 7.23. The van der Waals surface area contributed by atoms with E-state index >= 15 is 0 Å². The van der Waals surface area contributed by atoms with Crippen molar-refractivity contribution in [3.63, 3.8) is 0 Å². The van der Waals surface area contributed by atoms with Gasteiger partial charge in [0.15, 0.2) is 5.13 Å². The van der Waals surface area contributed by atoms with Crippen LogP contribution in [0.2, 0.25) is 0 Å². The summed E-state index contributed by atoms with van der Waals surface area (Å²) < 4.78 is 14.3. The summed E-state index contributed by atoms with van der Waals surface area (Å²) in [5, 5.41) is 8.49. The minimum absolute atomic E-state index is 0.0119. The number of nitrogens with zero attached hydrogens (tertiary/aromatic N) is 1. The number of thiazole rings is 1. The van der Waals surface area contributed by atoms with Crippen molar-refractivity contribution in [3.05, 3.63) is 36.1 Å². The monoisotopic (exact) mass is 315 g/mol. The maximum atomic E-state index is 13.3. The first-order valence-electron chi connectivity index (χ1n) is 7.21. The number of hydrogen-bond acceptors (Lipinski definition) is 4. The number of anilines is 1. The van der Waals surface area contributed by atoms with E-state index in [9.17, 15) is 9.18 Å². The van der Waals surface area contributed by atoms with Crippen molar-refractivity contribution in [2.75, 3.05) is 18.4 Å². The second kappa shape index (κ2) is 5.30. The quantitative estimate of drug-likeness (QED) is 0.764. The Morgan fingerprint density at radius 1 is 1.36 bits per heavy atom. The maximum absolute atomic E-state index is 13.3. The molecule has 2 heterocycles. The van der Waals surface area contributed by atoms with Crippen molar-refractivity contribution in [1.82, 2.24) is 10.3 Å². The largest absolute Gasteiger partial charge is 0.316 e. The average molecular weight is 315 g/mol. The number of aromatic nitrogens is 1. The van der Waals surface area contributed by atoms with Crippen LogP contribution in [0.5, 0.6) is 0 Å². The molecule has 1 aromatic heterocycles. The minimum Gasteiger partial charge on any atom is -0.316 e. The van der Waals surface area contributed by atoms with E-state index in [0.29, 0.717) is 5.13 Å². The standard InChI is InChI=1S/C16H14FN3OS/c17-11-2-3-12-9(7-11)1-4-13-14(12)22-16(19-13)20-15(21)10-5-6-18-8-10/h1-4,7,10,18H,5-6,8H2,(H,19,20,21)/t10-/m0/s1. The Morgan fingerprint density at radius 2 is 2.27 bits per heavy atom. The zero-order chi connectivity index (χ0) is 15.1. The molecule has 1 fully saturated rings. The number of hydrogen-bond donors (Lipinski definition) is 2. The lowest BCUT2D eigenvalue weighted by atomic mass is 10.1. The predicted molar refractivity (Wildman–Crippen MR) is 86.7 cm³/mol. The Hall–Kier alpha value is -2.05. The van der Waals surface area contributed by atoms with E-state index in [4.69, 9.17) is 0 Å². The van der Waals surface area contributed by atoms with Gasteiger partial charge in [-0.3, -0.25) is 4.79 Å². The van der Waals surface area contributed by atoms with Crippen LogP contribution in [0.1, 0.15) is 6.42 Å². The Bertz CT molecular complexity index is 870. The van der Waals surface area contributed by atoms with Crippen LogP contribution in [-0.4, -0.2) is 24.0 Å². The number of amides is 1. The molecule has 0 radical (unpaired) electrons. The predicted octanol–water partition coefficient (Wildman–Crippen LogP) is 3.14. The second-order valence-electron chi connectivity index (χ2n) is 5.48. The molecule has 3 aromatic rings. The summed E-state index contributed by atoms with van der Waals surface area (Å²) in [7, 11) is 0. The second-order valence-corrected chi connectivity index (χ2v) is 6.48. The third-order valence-electron chi connectivity index (χ3n) is 3.99. The Morgan fingerprint density at radius 3 is 3.09 bits per heavy atom. The highest BCUT2D eigenvalue weighted by atomic mass is 32.1. The first kappa shape index (κ1) is 13.6. The zero-order valence-corrected chi connectivity index (χ0v) is 12.5. The number of rotatable bonds is 2. The number of benzene rings is 2. The van der Waals surface area contributed by atoms with E-state index < -0.39 is 0 Å². The summed E-state index contributed by atoms with van der Waals surface area (Å²) in [6, 6.07) is 8.44. The fraction of sp³-hybridized carbons (Fsp3) is 0.250. The van der Waals surface area contributed by atoms with E-state index in [1.165, 1.54) is 23.5 Å². The average Bonchev–Trinajstić information content (AvgIpc) is 3.15. The molecular formula is C16H14FN3OS. The Balaban J connectivity index is 1.70. The molecule has 1 atom stereocenters. The molecule has 0 spiro atoms. The van der Waals surface area contributed by atoms with Crippen LogP contribution in [0.15, 0.2) is 30.3 Å². The zero-order valence-electron chi connectivity index (χ0n) is 11.7. The van der Waals surface area contributed by atoms with Gasteiger partial charge in [-0.15, -0.1) is 0 Å². The topological polar surface area (TPSA) is 54.0 Å². The highest BCUT2D eigenvalue weighted by Gasteiger charge is 2.23. The van der Waals surface area contributed by atoms with Gasteiger partial charge in [-0.05, 0) is 42.6 Å². The molecule has 1 amide bonds. The van der Waals surface area contributed by atoms with E-state index in [-0.39, 0.29) is 17.6 Å². The van der Waals surface area contributed by atoms with Gasteiger partial charge in [0.05, 0.1) is 16.1 Å². The van der Waals surface area contributed by atoms with Gasteiger partial charge in [0, 0.05) is 11.9 Å². The van der Waals surface area contributed by atoms with Crippen LogP contribution in [0.25, 0.3) is 21.0 Å². The lowest BCUT2D eigenvalue weighted by molar-refractivity contribution is -0.119. The lowest BCUT2D eigenvalue weighted by Crippen LogP contribution is -2.24. The molecule has 0 aliphatic carbocycles. The summed E-state index contributed by atoms with van der Waals surface area (Å²) in [4.78, 5) is 16.6. The first-order chi connectivity index (χ1) is 10.7. The third-order valence-corrected chi connectivity index (χ3v) is 5.01. The van der Waals surface area contributed by atoms with E-state index in [1.807, 2.05) is 12.1 Å². The van der Waals surface area contributed by atoms with Gasteiger partial charge in [0.2, 0.25) is 5.91 Å².